The fourth-order valence-corrected chi connectivity index (χ4v) is 2.39. The second-order valence-corrected chi connectivity index (χ2v) is 5.34. The first-order valence-corrected chi connectivity index (χ1v) is 6.67. The molecule has 0 unspecified atom stereocenters. The normalized spacial score (nSPS) is 10.3. The third kappa shape index (κ3) is 3.35. The van der Waals surface area contributed by atoms with Crippen LogP contribution >= 0.6 is 11.3 Å². The van der Waals surface area contributed by atoms with Crippen LogP contribution in [0.15, 0.2) is 18.2 Å². The zero-order chi connectivity index (χ0) is 13.8. The Morgan fingerprint density at radius 2 is 1.74 bits per heavy atom. The first-order chi connectivity index (χ1) is 9.12. The minimum Gasteiger partial charge on any atom is -0.497 e. The molecule has 0 aliphatic carbocycles. The molecule has 0 fully saturated rings. The molecule has 19 heavy (non-hydrogen) atoms. The van der Waals surface area contributed by atoms with Crippen LogP contribution in [0.5, 0.6) is 11.5 Å². The van der Waals surface area contributed by atoms with Crippen molar-refractivity contribution in [1.82, 2.24) is 10.2 Å². The minimum atomic E-state index is 0.724. The van der Waals surface area contributed by atoms with Crippen LogP contribution in [-0.4, -0.2) is 31.5 Å². The van der Waals surface area contributed by atoms with E-state index >= 15 is 0 Å². The van der Waals surface area contributed by atoms with Crippen LogP contribution in [0, 0.1) is 6.92 Å². The summed E-state index contributed by atoms with van der Waals surface area (Å²) >= 11 is 1.58. The van der Waals surface area contributed by atoms with Crippen molar-refractivity contribution in [3.63, 3.8) is 0 Å². The lowest BCUT2D eigenvalue weighted by Gasteiger charge is -2.16. The van der Waals surface area contributed by atoms with E-state index in [0.717, 1.165) is 33.7 Å². The van der Waals surface area contributed by atoms with E-state index in [9.17, 15) is 0 Å². The Bertz CT molecular complexity index is 534. The number of nitrogens with zero attached hydrogens (tertiary/aromatic N) is 3. The summed E-state index contributed by atoms with van der Waals surface area (Å²) < 4.78 is 10.5. The number of methoxy groups -OCH3 is 2. The van der Waals surface area contributed by atoms with Gasteiger partial charge in [0.1, 0.15) is 16.5 Å². The Kier molecular flexibility index (Phi) is 4.21. The number of ether oxygens (including phenoxy) is 2. The molecule has 0 aliphatic rings. The van der Waals surface area contributed by atoms with E-state index in [1.807, 2.05) is 32.2 Å². The Morgan fingerprint density at radius 1 is 1.11 bits per heavy atom. The standard InChI is InChI=1S/C13H17N3O2S/c1-9-14-15-13(19-9)16(2)8-10-5-11(17-3)7-12(6-10)18-4/h5-7H,8H2,1-4H3. The number of hydrogen-bond acceptors (Lipinski definition) is 6. The first-order valence-electron chi connectivity index (χ1n) is 5.85. The second kappa shape index (κ2) is 5.88. The van der Waals surface area contributed by atoms with Gasteiger partial charge < -0.3 is 14.4 Å². The second-order valence-electron chi connectivity index (χ2n) is 4.18. The molecule has 2 aromatic rings. The smallest absolute Gasteiger partial charge is 0.208 e. The molecule has 0 radical (unpaired) electrons. The monoisotopic (exact) mass is 279 g/mol. The molecular formula is C13H17N3O2S. The van der Waals surface area contributed by atoms with Gasteiger partial charge in [-0.3, -0.25) is 0 Å². The van der Waals surface area contributed by atoms with Crippen LogP contribution in [0.3, 0.4) is 0 Å². The van der Waals surface area contributed by atoms with Gasteiger partial charge >= 0.3 is 0 Å². The molecule has 0 bridgehead atoms. The molecule has 1 aromatic carbocycles. The van der Waals surface area contributed by atoms with Gasteiger partial charge in [0.25, 0.3) is 0 Å². The van der Waals surface area contributed by atoms with E-state index in [4.69, 9.17) is 9.47 Å². The highest BCUT2D eigenvalue weighted by Crippen LogP contribution is 2.25. The van der Waals surface area contributed by atoms with Crippen LogP contribution in [0.4, 0.5) is 5.13 Å². The molecule has 1 heterocycles. The summed E-state index contributed by atoms with van der Waals surface area (Å²) in [6.07, 6.45) is 0. The minimum absolute atomic E-state index is 0.724. The lowest BCUT2D eigenvalue weighted by Crippen LogP contribution is -2.16. The molecule has 5 nitrogen and oxygen atoms in total. The number of aromatic nitrogens is 2. The van der Waals surface area contributed by atoms with Crippen LogP contribution in [-0.2, 0) is 6.54 Å². The quantitative estimate of drug-likeness (QED) is 0.841. The summed E-state index contributed by atoms with van der Waals surface area (Å²) in [5, 5.41) is 10.0. The van der Waals surface area contributed by atoms with Crippen LogP contribution < -0.4 is 14.4 Å². The van der Waals surface area contributed by atoms with Crippen molar-refractivity contribution >= 4 is 16.5 Å². The largest absolute Gasteiger partial charge is 0.497 e. The van der Waals surface area contributed by atoms with Gasteiger partial charge in [-0.25, -0.2) is 0 Å². The summed E-state index contributed by atoms with van der Waals surface area (Å²) in [6.45, 7) is 2.67. The van der Waals surface area contributed by atoms with Gasteiger partial charge in [0.15, 0.2) is 0 Å². The van der Waals surface area contributed by atoms with Crippen molar-refractivity contribution in [2.75, 3.05) is 26.2 Å². The molecule has 0 atom stereocenters. The van der Waals surface area contributed by atoms with Gasteiger partial charge in [0.05, 0.1) is 14.2 Å². The number of anilines is 1. The van der Waals surface area contributed by atoms with Crippen LogP contribution in [0.25, 0.3) is 0 Å². The van der Waals surface area contributed by atoms with E-state index in [1.54, 1.807) is 25.6 Å². The fraction of sp³-hybridized carbons (Fsp3) is 0.385. The average molecular weight is 279 g/mol. The SMILES string of the molecule is COc1cc(CN(C)c2nnc(C)s2)cc(OC)c1. The third-order valence-corrected chi connectivity index (χ3v) is 3.63. The molecule has 1 aromatic heterocycles. The van der Waals surface area contributed by atoms with Crippen molar-refractivity contribution in [3.05, 3.63) is 28.8 Å². The number of aryl methyl sites for hydroxylation is 1. The molecular weight excluding hydrogens is 262 g/mol. The summed E-state index contributed by atoms with van der Waals surface area (Å²) in [4.78, 5) is 2.05. The molecule has 0 saturated carbocycles. The Morgan fingerprint density at radius 3 is 2.21 bits per heavy atom. The Hall–Kier alpha value is -1.82. The zero-order valence-corrected chi connectivity index (χ0v) is 12.3. The predicted octanol–water partition coefficient (Wildman–Crippen LogP) is 2.50. The highest BCUT2D eigenvalue weighted by molar-refractivity contribution is 7.15. The highest BCUT2D eigenvalue weighted by atomic mass is 32.1. The lowest BCUT2D eigenvalue weighted by molar-refractivity contribution is 0.393. The molecule has 0 spiro atoms. The van der Waals surface area contributed by atoms with Gasteiger partial charge in [-0.15, -0.1) is 10.2 Å². The summed E-state index contributed by atoms with van der Waals surface area (Å²) in [7, 11) is 5.29. The molecule has 0 amide bonds. The molecule has 0 saturated heterocycles. The van der Waals surface area contributed by atoms with E-state index in [-0.39, 0.29) is 0 Å². The molecule has 0 aliphatic heterocycles. The van der Waals surface area contributed by atoms with Crippen LogP contribution in [0.1, 0.15) is 10.6 Å². The van der Waals surface area contributed by atoms with E-state index in [1.165, 1.54) is 0 Å². The maximum Gasteiger partial charge on any atom is 0.208 e. The molecule has 0 N–H and O–H groups in total. The van der Waals surface area contributed by atoms with E-state index < -0.39 is 0 Å². The number of rotatable bonds is 5. The number of hydrogen-bond donors (Lipinski definition) is 0. The van der Waals surface area contributed by atoms with Gasteiger partial charge in [-0.05, 0) is 24.6 Å². The number of benzene rings is 1. The van der Waals surface area contributed by atoms with Crippen molar-refractivity contribution in [1.29, 1.82) is 0 Å². The van der Waals surface area contributed by atoms with Crippen molar-refractivity contribution in [2.24, 2.45) is 0 Å². The highest BCUT2D eigenvalue weighted by Gasteiger charge is 2.09. The fourth-order valence-electron chi connectivity index (χ4n) is 1.74. The van der Waals surface area contributed by atoms with E-state index in [0.29, 0.717) is 0 Å². The van der Waals surface area contributed by atoms with Gasteiger partial charge in [-0.2, -0.15) is 0 Å². The van der Waals surface area contributed by atoms with Gasteiger partial charge in [0, 0.05) is 19.7 Å². The lowest BCUT2D eigenvalue weighted by atomic mass is 10.2. The average Bonchev–Trinajstić information content (AvgIpc) is 2.85. The van der Waals surface area contributed by atoms with Gasteiger partial charge in [-0.1, -0.05) is 11.3 Å². The van der Waals surface area contributed by atoms with Crippen molar-refractivity contribution < 1.29 is 9.47 Å². The predicted molar refractivity (Wildman–Crippen MR) is 76.3 cm³/mol. The maximum atomic E-state index is 5.26. The van der Waals surface area contributed by atoms with Crippen molar-refractivity contribution in [3.8, 4) is 11.5 Å². The first kappa shape index (κ1) is 13.6. The summed E-state index contributed by atoms with van der Waals surface area (Å²) in [5.74, 6) is 1.58. The van der Waals surface area contributed by atoms with Crippen molar-refractivity contribution in [2.45, 2.75) is 13.5 Å². The molecule has 6 heteroatoms. The Labute approximate surface area is 116 Å². The topological polar surface area (TPSA) is 47.5 Å². The molecule has 102 valence electrons. The van der Waals surface area contributed by atoms with Crippen LogP contribution in [0.2, 0.25) is 0 Å². The van der Waals surface area contributed by atoms with E-state index in [2.05, 4.69) is 15.1 Å². The maximum absolute atomic E-state index is 5.26. The zero-order valence-electron chi connectivity index (χ0n) is 11.5. The third-order valence-electron chi connectivity index (χ3n) is 2.67. The summed E-state index contributed by atoms with van der Waals surface area (Å²) in [6, 6.07) is 5.85. The Balaban J connectivity index is 2.18. The van der Waals surface area contributed by atoms with Gasteiger partial charge in [0.2, 0.25) is 5.13 Å². The molecule has 2 rings (SSSR count). The summed E-state index contributed by atoms with van der Waals surface area (Å²) in [5.41, 5.74) is 1.10.